The predicted octanol–water partition coefficient (Wildman–Crippen LogP) is 13.2. The smallest absolute Gasteiger partial charge is 0.165 e. The van der Waals surface area contributed by atoms with E-state index in [-0.39, 0.29) is 0 Å². The highest BCUT2D eigenvalue weighted by Gasteiger charge is 2.22. The third-order valence-corrected chi connectivity index (χ3v) is 11.6. The van der Waals surface area contributed by atoms with Gasteiger partial charge in [-0.1, -0.05) is 140 Å². The number of nitrogens with zero attached hydrogens (tertiary/aromatic N) is 4. The molecule has 0 aliphatic rings. The predicted molar refractivity (Wildman–Crippen MR) is 226 cm³/mol. The van der Waals surface area contributed by atoms with Gasteiger partial charge in [0, 0.05) is 47.6 Å². The highest BCUT2D eigenvalue weighted by molar-refractivity contribution is 7.26. The Balaban J connectivity index is 1.19. The third kappa shape index (κ3) is 4.94. The molecule has 54 heavy (non-hydrogen) atoms. The Morgan fingerprint density at radius 2 is 1.00 bits per heavy atom. The molecule has 0 saturated carbocycles. The maximum absolute atomic E-state index is 5.26. The first kappa shape index (κ1) is 30.7. The Morgan fingerprint density at radius 3 is 1.81 bits per heavy atom. The van der Waals surface area contributed by atoms with Crippen molar-refractivity contribution in [3.8, 4) is 51.0 Å². The lowest BCUT2D eigenvalue weighted by Gasteiger charge is -2.14. The van der Waals surface area contributed by atoms with E-state index >= 15 is 0 Å². The lowest BCUT2D eigenvalue weighted by atomic mass is 10.0. The molecule has 0 fully saturated rings. The van der Waals surface area contributed by atoms with Crippen LogP contribution >= 0.6 is 11.3 Å². The van der Waals surface area contributed by atoms with E-state index in [1.54, 1.807) is 11.3 Å². The van der Waals surface area contributed by atoms with Crippen molar-refractivity contribution in [2.75, 3.05) is 0 Å². The Kier molecular flexibility index (Phi) is 7.00. The molecule has 0 amide bonds. The van der Waals surface area contributed by atoms with Gasteiger partial charge in [-0.2, -0.15) is 0 Å². The molecule has 5 heteroatoms. The maximum Gasteiger partial charge on any atom is 0.165 e. The second-order valence-corrected chi connectivity index (χ2v) is 14.7. The van der Waals surface area contributed by atoms with Crippen LogP contribution in [-0.4, -0.2) is 19.5 Å². The van der Waals surface area contributed by atoms with Crippen molar-refractivity contribution in [1.82, 2.24) is 19.5 Å². The molecule has 252 valence electrons. The molecule has 0 N–H and O–H groups in total. The molecular formula is C49H30N4S. The lowest BCUT2D eigenvalue weighted by Crippen LogP contribution is -2.01. The summed E-state index contributed by atoms with van der Waals surface area (Å²) in [4.78, 5) is 15.5. The van der Waals surface area contributed by atoms with Gasteiger partial charge in [-0.25, -0.2) is 15.0 Å². The summed E-state index contributed by atoms with van der Waals surface area (Å²) in [6.45, 7) is 0. The number of hydrogen-bond acceptors (Lipinski definition) is 4. The van der Waals surface area contributed by atoms with Crippen LogP contribution in [0.3, 0.4) is 0 Å². The number of hydrogen-bond donors (Lipinski definition) is 0. The molecule has 0 spiro atoms. The van der Waals surface area contributed by atoms with Gasteiger partial charge < -0.3 is 4.57 Å². The van der Waals surface area contributed by atoms with Gasteiger partial charge in [-0.05, 0) is 64.4 Å². The number of aromatic nitrogens is 4. The summed E-state index contributed by atoms with van der Waals surface area (Å²) in [5.74, 6) is 1.94. The molecule has 0 radical (unpaired) electrons. The molecule has 0 atom stereocenters. The van der Waals surface area contributed by atoms with Gasteiger partial charge in [0.25, 0.3) is 0 Å². The summed E-state index contributed by atoms with van der Waals surface area (Å²) < 4.78 is 4.82. The number of para-hydroxylation sites is 1. The fourth-order valence-electron chi connectivity index (χ4n) is 7.90. The average Bonchev–Trinajstić information content (AvgIpc) is 3.79. The zero-order valence-electron chi connectivity index (χ0n) is 29.0. The SMILES string of the molecule is c1ccc(-c2cccc(-c3nc(-c4ccccc4)nc(-c4ccc(-n5c6ccccc6c6cc7ccccc7cc65)c5c4sc4ccccc45)n3)c2)cc1. The summed E-state index contributed by atoms with van der Waals surface area (Å²) in [5.41, 5.74) is 8.65. The van der Waals surface area contributed by atoms with Crippen molar-refractivity contribution < 1.29 is 0 Å². The fraction of sp³-hybridized carbons (Fsp3) is 0. The van der Waals surface area contributed by atoms with Crippen LogP contribution in [0.25, 0.3) is 104 Å². The molecule has 11 rings (SSSR count). The number of benzene rings is 8. The number of thiophene rings is 1. The van der Waals surface area contributed by atoms with E-state index in [2.05, 4.69) is 162 Å². The molecule has 0 unspecified atom stereocenters. The zero-order valence-corrected chi connectivity index (χ0v) is 29.8. The molecule has 3 aromatic heterocycles. The molecule has 11 aromatic rings. The van der Waals surface area contributed by atoms with E-state index < -0.39 is 0 Å². The van der Waals surface area contributed by atoms with Crippen molar-refractivity contribution in [3.63, 3.8) is 0 Å². The van der Waals surface area contributed by atoms with E-state index in [1.807, 2.05) is 24.3 Å². The molecular weight excluding hydrogens is 677 g/mol. The van der Waals surface area contributed by atoms with Gasteiger partial charge in [0.2, 0.25) is 0 Å². The standard InChI is InChI=1S/C49H30N4S/c1-3-14-31(15-4-1)33-20-13-21-36(28-33)48-50-47(32-16-5-2-6-17-32)51-49(52-48)39-26-27-42(45-38-23-10-12-25-44(38)54-46(39)45)53-41-24-11-9-22-37(41)40-29-34-18-7-8-19-35(34)30-43(40)53/h1-30H. The Hall–Kier alpha value is -6.95. The molecule has 0 aliphatic carbocycles. The summed E-state index contributed by atoms with van der Waals surface area (Å²) in [7, 11) is 0. The second kappa shape index (κ2) is 12.3. The fourth-order valence-corrected chi connectivity index (χ4v) is 9.13. The quantitative estimate of drug-likeness (QED) is 0.179. The minimum absolute atomic E-state index is 0.643. The highest BCUT2D eigenvalue weighted by Crippen LogP contribution is 2.45. The molecule has 0 saturated heterocycles. The van der Waals surface area contributed by atoms with Gasteiger partial charge in [0.15, 0.2) is 17.5 Å². The Bertz CT molecular complexity index is 3220. The first-order valence-corrected chi connectivity index (χ1v) is 18.9. The molecule has 3 heterocycles. The van der Waals surface area contributed by atoms with Crippen LogP contribution in [0.15, 0.2) is 182 Å². The lowest BCUT2D eigenvalue weighted by molar-refractivity contribution is 1.08. The van der Waals surface area contributed by atoms with Crippen molar-refractivity contribution in [2.45, 2.75) is 0 Å². The van der Waals surface area contributed by atoms with Crippen LogP contribution < -0.4 is 0 Å². The first-order valence-electron chi connectivity index (χ1n) is 18.1. The Labute approximate surface area is 315 Å². The molecule has 8 aromatic carbocycles. The molecule has 4 nitrogen and oxygen atoms in total. The van der Waals surface area contributed by atoms with Gasteiger partial charge in [-0.15, -0.1) is 11.3 Å². The molecule has 0 aliphatic heterocycles. The van der Waals surface area contributed by atoms with Gasteiger partial charge in [0.1, 0.15) is 0 Å². The van der Waals surface area contributed by atoms with Gasteiger partial charge in [-0.3, -0.25) is 0 Å². The van der Waals surface area contributed by atoms with Crippen molar-refractivity contribution in [2.24, 2.45) is 0 Å². The number of fused-ring (bicyclic) bond motifs is 7. The van der Waals surface area contributed by atoms with Crippen LogP contribution in [0, 0.1) is 0 Å². The van der Waals surface area contributed by atoms with Crippen LogP contribution in [0.4, 0.5) is 0 Å². The second-order valence-electron chi connectivity index (χ2n) is 13.6. The minimum atomic E-state index is 0.643. The Morgan fingerprint density at radius 1 is 0.389 bits per heavy atom. The maximum atomic E-state index is 5.26. The summed E-state index contributed by atoms with van der Waals surface area (Å²) in [6, 6.07) is 64.4. The normalized spacial score (nSPS) is 11.7. The van der Waals surface area contributed by atoms with Crippen molar-refractivity contribution in [1.29, 1.82) is 0 Å². The zero-order chi connectivity index (χ0) is 35.6. The van der Waals surface area contributed by atoms with E-state index in [0.717, 1.165) is 38.2 Å². The number of rotatable bonds is 5. The molecule has 0 bridgehead atoms. The van der Waals surface area contributed by atoms with Gasteiger partial charge in [0.05, 0.1) is 16.7 Å². The van der Waals surface area contributed by atoms with Crippen molar-refractivity contribution >= 4 is 64.1 Å². The topological polar surface area (TPSA) is 43.6 Å². The van der Waals surface area contributed by atoms with Crippen molar-refractivity contribution in [3.05, 3.63) is 182 Å². The van der Waals surface area contributed by atoms with E-state index in [4.69, 9.17) is 15.0 Å². The average molecular weight is 707 g/mol. The van der Waals surface area contributed by atoms with Gasteiger partial charge >= 0.3 is 0 Å². The van der Waals surface area contributed by atoms with Crippen LogP contribution in [-0.2, 0) is 0 Å². The summed E-state index contributed by atoms with van der Waals surface area (Å²) in [5, 5.41) is 7.35. The van der Waals surface area contributed by atoms with E-state index in [0.29, 0.717) is 17.5 Å². The first-order chi connectivity index (χ1) is 26.8. The minimum Gasteiger partial charge on any atom is -0.309 e. The van der Waals surface area contributed by atoms with E-state index in [9.17, 15) is 0 Å². The van der Waals surface area contributed by atoms with Crippen LogP contribution in [0.1, 0.15) is 0 Å². The van der Waals surface area contributed by atoms with Crippen LogP contribution in [0.2, 0.25) is 0 Å². The monoisotopic (exact) mass is 706 g/mol. The third-order valence-electron chi connectivity index (χ3n) is 10.4. The largest absolute Gasteiger partial charge is 0.309 e. The van der Waals surface area contributed by atoms with Crippen LogP contribution in [0.5, 0.6) is 0 Å². The van der Waals surface area contributed by atoms with E-state index in [1.165, 1.54) is 48.1 Å². The highest BCUT2D eigenvalue weighted by atomic mass is 32.1. The summed E-state index contributed by atoms with van der Waals surface area (Å²) >= 11 is 1.80. The summed E-state index contributed by atoms with van der Waals surface area (Å²) in [6.07, 6.45) is 0.